The van der Waals surface area contributed by atoms with E-state index in [-0.39, 0.29) is 16.8 Å². The minimum Gasteiger partial charge on any atom is -0.423 e. The molecule has 3 heterocycles. The van der Waals surface area contributed by atoms with Crippen LogP contribution in [0.5, 0.6) is 0 Å². The van der Waals surface area contributed by atoms with Crippen LogP contribution in [-0.4, -0.2) is 32.7 Å². The predicted octanol–water partition coefficient (Wildman–Crippen LogP) is 5.60. The van der Waals surface area contributed by atoms with E-state index in [4.69, 9.17) is 4.42 Å². The average molecular weight is 463 g/mol. The van der Waals surface area contributed by atoms with Gasteiger partial charge in [-0.15, -0.1) is 10.2 Å². The molecule has 2 unspecified atom stereocenters. The molecule has 0 saturated carbocycles. The number of alkyl halides is 3. The van der Waals surface area contributed by atoms with Crippen LogP contribution in [0.1, 0.15) is 43.2 Å². The van der Waals surface area contributed by atoms with Crippen molar-refractivity contribution in [3.05, 3.63) is 59.8 Å². The average Bonchev–Trinajstić information content (AvgIpc) is 3.19. The molecular weight excluding hydrogens is 442 g/mol. The molecule has 1 N–H and O–H groups in total. The van der Waals surface area contributed by atoms with Gasteiger partial charge in [0.1, 0.15) is 11.9 Å². The Hall–Kier alpha value is -3.50. The molecule has 1 aliphatic heterocycles. The number of nitrogens with one attached hydrogen (secondary N) is 1. The molecule has 1 saturated heterocycles. The number of halogens is 4. The lowest BCUT2D eigenvalue weighted by Gasteiger charge is -2.36. The summed E-state index contributed by atoms with van der Waals surface area (Å²) >= 11 is 0. The largest absolute Gasteiger partial charge is 0.423 e. The summed E-state index contributed by atoms with van der Waals surface area (Å²) in [5.74, 6) is 0.243. The molecule has 2 aromatic heterocycles. The van der Waals surface area contributed by atoms with Crippen molar-refractivity contribution in [3.8, 4) is 11.1 Å². The molecule has 0 radical (unpaired) electrons. The molecule has 2 atom stereocenters. The molecule has 3 aromatic rings. The highest BCUT2D eigenvalue weighted by atomic mass is 19.4. The van der Waals surface area contributed by atoms with Crippen LogP contribution in [0, 0.1) is 18.7 Å². The summed E-state index contributed by atoms with van der Waals surface area (Å²) in [4.78, 5) is 18.3. The number of aryl methyl sites for hydroxylation is 1. The molecule has 2 amide bonds. The molecule has 11 heteroatoms. The lowest BCUT2D eigenvalue weighted by Crippen LogP contribution is -2.43. The second-order valence-corrected chi connectivity index (χ2v) is 8.08. The fourth-order valence-corrected chi connectivity index (χ4v) is 3.93. The van der Waals surface area contributed by atoms with Gasteiger partial charge >= 0.3 is 12.2 Å². The number of likely N-dealkylation sites (tertiary alicyclic amines) is 1. The lowest BCUT2D eigenvalue weighted by molar-refractivity contribution is -0.137. The van der Waals surface area contributed by atoms with Crippen molar-refractivity contribution < 1.29 is 26.8 Å². The number of pyridine rings is 1. The van der Waals surface area contributed by atoms with E-state index in [0.717, 1.165) is 43.1 Å². The van der Waals surface area contributed by atoms with E-state index in [1.165, 1.54) is 4.90 Å². The van der Waals surface area contributed by atoms with Crippen molar-refractivity contribution in [1.82, 2.24) is 20.1 Å². The number of carbonyl (C=O) groups is 1. The first-order valence-electron chi connectivity index (χ1n) is 10.3. The minimum absolute atomic E-state index is 0.0515. The third-order valence-corrected chi connectivity index (χ3v) is 5.54. The zero-order valence-electron chi connectivity index (χ0n) is 17.9. The van der Waals surface area contributed by atoms with E-state index in [1.807, 2.05) is 0 Å². The molecule has 0 spiro atoms. The fraction of sp³-hybridized carbons (Fsp3) is 0.364. The highest BCUT2D eigenvalue weighted by Gasteiger charge is 2.36. The van der Waals surface area contributed by atoms with E-state index in [1.54, 1.807) is 6.92 Å². The van der Waals surface area contributed by atoms with Gasteiger partial charge in [0.15, 0.2) is 0 Å². The Balaban J connectivity index is 1.64. The number of carbonyl (C=O) groups excluding carboxylic acids is 1. The van der Waals surface area contributed by atoms with Crippen LogP contribution < -0.4 is 5.32 Å². The van der Waals surface area contributed by atoms with Crippen LogP contribution in [0.15, 0.2) is 41.1 Å². The van der Waals surface area contributed by atoms with Crippen LogP contribution in [0.25, 0.3) is 11.1 Å². The van der Waals surface area contributed by atoms with E-state index >= 15 is 0 Å². The van der Waals surface area contributed by atoms with Crippen LogP contribution in [0.4, 0.5) is 28.0 Å². The van der Waals surface area contributed by atoms with Crippen molar-refractivity contribution in [2.75, 3.05) is 11.9 Å². The number of urea groups is 1. The monoisotopic (exact) mass is 463 g/mol. The Labute approximate surface area is 186 Å². The van der Waals surface area contributed by atoms with E-state index in [0.29, 0.717) is 30.7 Å². The molecule has 1 aliphatic rings. The highest BCUT2D eigenvalue weighted by Crippen LogP contribution is 2.39. The van der Waals surface area contributed by atoms with Crippen LogP contribution in [-0.2, 0) is 6.18 Å². The maximum Gasteiger partial charge on any atom is 0.417 e. The normalized spacial score (nSPS) is 18.9. The SMILES string of the molecule is Cc1nnc(C2CC(C)CCN2C(=O)Nc2ccc(C(F)(F)F)c(-c3cncc(F)c3)c2)o1. The quantitative estimate of drug-likeness (QED) is 0.511. The van der Waals surface area contributed by atoms with Crippen LogP contribution >= 0.6 is 0 Å². The van der Waals surface area contributed by atoms with Crippen molar-refractivity contribution in [2.24, 2.45) is 5.92 Å². The van der Waals surface area contributed by atoms with Crippen molar-refractivity contribution >= 4 is 11.7 Å². The number of piperidine rings is 1. The summed E-state index contributed by atoms with van der Waals surface area (Å²) < 4.78 is 59.9. The number of rotatable bonds is 3. The van der Waals surface area contributed by atoms with Gasteiger partial charge in [-0.3, -0.25) is 4.98 Å². The summed E-state index contributed by atoms with van der Waals surface area (Å²) in [6.45, 7) is 4.12. The Bertz CT molecular complexity index is 1160. The Morgan fingerprint density at radius 1 is 1.21 bits per heavy atom. The molecular formula is C22H21F4N5O2. The molecule has 4 rings (SSSR count). The van der Waals surface area contributed by atoms with Crippen molar-refractivity contribution in [2.45, 2.75) is 38.9 Å². The number of hydrogen-bond acceptors (Lipinski definition) is 5. The number of hydrogen-bond donors (Lipinski definition) is 1. The first-order valence-corrected chi connectivity index (χ1v) is 10.3. The first kappa shape index (κ1) is 22.7. The lowest BCUT2D eigenvalue weighted by atomic mass is 9.92. The second-order valence-electron chi connectivity index (χ2n) is 8.08. The van der Waals surface area contributed by atoms with Crippen molar-refractivity contribution in [1.29, 1.82) is 0 Å². The Morgan fingerprint density at radius 3 is 2.67 bits per heavy atom. The Morgan fingerprint density at radius 2 is 2.00 bits per heavy atom. The van der Waals surface area contributed by atoms with Gasteiger partial charge in [0.25, 0.3) is 0 Å². The van der Waals surface area contributed by atoms with Gasteiger partial charge in [-0.2, -0.15) is 13.2 Å². The maximum absolute atomic E-state index is 13.6. The zero-order valence-corrected chi connectivity index (χ0v) is 17.9. The van der Waals surface area contributed by atoms with E-state index in [2.05, 4.69) is 27.4 Å². The molecule has 1 aromatic carbocycles. The zero-order chi connectivity index (χ0) is 23.8. The van der Waals surface area contributed by atoms with Gasteiger partial charge in [-0.1, -0.05) is 6.92 Å². The maximum atomic E-state index is 13.6. The van der Waals surface area contributed by atoms with E-state index in [9.17, 15) is 22.4 Å². The summed E-state index contributed by atoms with van der Waals surface area (Å²) in [5, 5.41) is 10.5. The summed E-state index contributed by atoms with van der Waals surface area (Å²) in [6.07, 6.45) is -1.26. The van der Waals surface area contributed by atoms with Gasteiger partial charge in [0.05, 0.1) is 11.8 Å². The van der Waals surface area contributed by atoms with Gasteiger partial charge in [0.2, 0.25) is 11.8 Å². The van der Waals surface area contributed by atoms with Gasteiger partial charge in [-0.05, 0) is 48.6 Å². The molecule has 0 aliphatic carbocycles. The topological polar surface area (TPSA) is 84.2 Å². The molecule has 0 bridgehead atoms. The standard InChI is InChI=1S/C22H21F4N5O2/c1-12-5-6-31(19(7-12)20-30-29-13(2)33-20)21(32)28-16-3-4-18(22(24,25)26)17(9-16)14-8-15(23)11-27-10-14/h3-4,8-12,19H,5-7H2,1-2H3,(H,28,32). The van der Waals surface area contributed by atoms with Crippen LogP contribution in [0.3, 0.4) is 0 Å². The van der Waals surface area contributed by atoms with Crippen LogP contribution in [0.2, 0.25) is 0 Å². The molecule has 33 heavy (non-hydrogen) atoms. The second kappa shape index (κ2) is 8.80. The molecule has 174 valence electrons. The smallest absolute Gasteiger partial charge is 0.417 e. The summed E-state index contributed by atoms with van der Waals surface area (Å²) in [6, 6.07) is 3.18. The van der Waals surface area contributed by atoms with Crippen molar-refractivity contribution in [3.63, 3.8) is 0 Å². The number of aromatic nitrogens is 3. The minimum atomic E-state index is -4.67. The molecule has 1 fully saturated rings. The van der Waals surface area contributed by atoms with Gasteiger partial charge < -0.3 is 14.6 Å². The summed E-state index contributed by atoms with van der Waals surface area (Å²) in [5.41, 5.74) is -1.17. The molecule has 7 nitrogen and oxygen atoms in total. The third kappa shape index (κ3) is 4.96. The van der Waals surface area contributed by atoms with Gasteiger partial charge in [-0.25, -0.2) is 9.18 Å². The predicted molar refractivity (Wildman–Crippen MR) is 111 cm³/mol. The van der Waals surface area contributed by atoms with E-state index < -0.39 is 29.6 Å². The summed E-state index contributed by atoms with van der Waals surface area (Å²) in [7, 11) is 0. The first-order chi connectivity index (χ1) is 15.6. The number of anilines is 1. The van der Waals surface area contributed by atoms with Gasteiger partial charge in [0, 0.05) is 30.9 Å². The fourth-order valence-electron chi connectivity index (χ4n) is 3.93. The third-order valence-electron chi connectivity index (χ3n) is 5.54. The number of benzene rings is 1. The Kier molecular flexibility index (Phi) is 6.05. The highest BCUT2D eigenvalue weighted by molar-refractivity contribution is 5.91. The number of nitrogens with zero attached hydrogens (tertiary/aromatic N) is 4. The number of amides is 2.